The van der Waals surface area contributed by atoms with Gasteiger partial charge in [-0.25, -0.2) is 0 Å². The number of azo groups is 2. The number of nitrogens with zero attached hydrogens (tertiary/aromatic N) is 6. The Kier molecular flexibility index (Phi) is 8.27. The predicted octanol–water partition coefficient (Wildman–Crippen LogP) is 8.81. The van der Waals surface area contributed by atoms with Crippen molar-refractivity contribution in [3.8, 4) is 23.0 Å². The first-order valence-electron chi connectivity index (χ1n) is 15.3. The minimum Gasteiger partial charge on any atom is -0.507 e. The van der Waals surface area contributed by atoms with Crippen molar-refractivity contribution in [3.63, 3.8) is 0 Å². The molecule has 236 valence electrons. The molecule has 2 aromatic heterocycles. The zero-order valence-corrected chi connectivity index (χ0v) is 25.7. The SMILES string of the molecule is Oc1c2cccc1Cc1cc(N=Nc3ccncc3)cc(c1O)Cc1cc(N=Nc3cccnc3)cc(c1O)Cc1cccc(c1O)C2. The Morgan fingerprint density at radius 3 is 1.23 bits per heavy atom. The maximum absolute atomic E-state index is 11.6. The van der Waals surface area contributed by atoms with E-state index in [1.807, 2.05) is 24.3 Å². The molecule has 0 radical (unpaired) electrons. The molecule has 7 rings (SSSR count). The average molecular weight is 635 g/mol. The normalized spacial score (nSPS) is 12.8. The second-order valence-corrected chi connectivity index (χ2v) is 11.6. The van der Waals surface area contributed by atoms with Crippen LogP contribution in [0.5, 0.6) is 23.0 Å². The number of pyridine rings is 2. The van der Waals surface area contributed by atoms with Crippen LogP contribution in [-0.4, -0.2) is 30.4 Å². The second-order valence-electron chi connectivity index (χ2n) is 11.6. The number of fused-ring (bicyclic) bond motifs is 8. The fourth-order valence-corrected chi connectivity index (χ4v) is 5.87. The van der Waals surface area contributed by atoms with Crippen LogP contribution in [0.25, 0.3) is 0 Å². The number of phenols is 4. The lowest BCUT2D eigenvalue weighted by Crippen LogP contribution is -2.00. The topological polar surface area (TPSA) is 156 Å². The first-order valence-corrected chi connectivity index (χ1v) is 15.3. The molecule has 0 saturated carbocycles. The van der Waals surface area contributed by atoms with Gasteiger partial charge in [0.2, 0.25) is 0 Å². The van der Waals surface area contributed by atoms with Gasteiger partial charge in [0.25, 0.3) is 0 Å². The second kappa shape index (κ2) is 13.1. The minimum atomic E-state index is 0.0138. The van der Waals surface area contributed by atoms with Crippen LogP contribution in [0.15, 0.2) is 130 Å². The van der Waals surface area contributed by atoms with E-state index in [-0.39, 0.29) is 48.7 Å². The summed E-state index contributed by atoms with van der Waals surface area (Å²) in [6.07, 6.45) is 7.27. The highest BCUT2D eigenvalue weighted by Gasteiger charge is 2.20. The van der Waals surface area contributed by atoms with Crippen molar-refractivity contribution in [3.05, 3.63) is 154 Å². The largest absolute Gasteiger partial charge is 0.507 e. The highest BCUT2D eigenvalue weighted by atomic mass is 16.3. The molecule has 4 aromatic carbocycles. The van der Waals surface area contributed by atoms with Crippen LogP contribution in [0.1, 0.15) is 44.5 Å². The van der Waals surface area contributed by atoms with Crippen LogP contribution in [-0.2, 0) is 25.7 Å². The van der Waals surface area contributed by atoms with Crippen molar-refractivity contribution in [1.29, 1.82) is 0 Å². The van der Waals surface area contributed by atoms with Crippen molar-refractivity contribution in [2.45, 2.75) is 25.7 Å². The summed E-state index contributed by atoms with van der Waals surface area (Å²) in [6.45, 7) is 0. The quantitative estimate of drug-likeness (QED) is 0.142. The summed E-state index contributed by atoms with van der Waals surface area (Å²) in [4.78, 5) is 8.12. The molecular formula is C38H30N6O4. The van der Waals surface area contributed by atoms with Crippen LogP contribution >= 0.6 is 0 Å². The fraction of sp³-hybridized carbons (Fsp3) is 0.105. The van der Waals surface area contributed by atoms with Crippen LogP contribution in [0, 0.1) is 0 Å². The van der Waals surface area contributed by atoms with Gasteiger partial charge in [0.1, 0.15) is 28.7 Å². The van der Waals surface area contributed by atoms with Gasteiger partial charge in [-0.05, 0) is 70.8 Å². The summed E-state index contributed by atoms with van der Waals surface area (Å²) in [5, 5.41) is 63.6. The van der Waals surface area contributed by atoms with Gasteiger partial charge in [0.05, 0.1) is 23.3 Å². The van der Waals surface area contributed by atoms with Crippen LogP contribution in [0.3, 0.4) is 0 Å². The Morgan fingerprint density at radius 1 is 0.375 bits per heavy atom. The van der Waals surface area contributed by atoms with E-state index in [9.17, 15) is 20.4 Å². The molecule has 0 fully saturated rings. The Bertz CT molecular complexity index is 2030. The Hall–Kier alpha value is -6.42. The van der Waals surface area contributed by atoms with E-state index in [0.717, 1.165) is 0 Å². The molecule has 8 bridgehead atoms. The summed E-state index contributed by atoms with van der Waals surface area (Å²) in [6, 6.07) is 24.9. The van der Waals surface area contributed by atoms with Gasteiger partial charge in [-0.3, -0.25) is 9.97 Å². The maximum Gasteiger partial charge on any atom is 0.122 e. The molecule has 1 aliphatic carbocycles. The molecule has 6 aromatic rings. The molecule has 10 nitrogen and oxygen atoms in total. The number of benzene rings is 4. The third-order valence-electron chi connectivity index (χ3n) is 8.31. The fourth-order valence-electron chi connectivity index (χ4n) is 5.87. The van der Waals surface area contributed by atoms with E-state index in [2.05, 4.69) is 30.4 Å². The first kappa shape index (κ1) is 30.2. The molecule has 0 aliphatic heterocycles. The molecule has 1 aliphatic rings. The van der Waals surface area contributed by atoms with E-state index in [1.54, 1.807) is 85.5 Å². The van der Waals surface area contributed by atoms with Gasteiger partial charge in [-0.15, -0.1) is 5.11 Å². The Labute approximate surface area is 276 Å². The monoisotopic (exact) mass is 634 g/mol. The molecule has 4 N–H and O–H groups in total. The summed E-state index contributed by atoms with van der Waals surface area (Å²) >= 11 is 0. The number of rotatable bonds is 4. The lowest BCUT2D eigenvalue weighted by atomic mass is 9.91. The third-order valence-corrected chi connectivity index (χ3v) is 8.31. The summed E-state index contributed by atoms with van der Waals surface area (Å²) in [7, 11) is 0. The van der Waals surface area contributed by atoms with Gasteiger partial charge in [0.15, 0.2) is 0 Å². The molecule has 48 heavy (non-hydrogen) atoms. The van der Waals surface area contributed by atoms with E-state index in [4.69, 9.17) is 0 Å². The summed E-state index contributed by atoms with van der Waals surface area (Å²) < 4.78 is 0. The number of phenolic OH excluding ortho intramolecular Hbond substituents is 4. The van der Waals surface area contributed by atoms with Crippen LogP contribution in [0.2, 0.25) is 0 Å². The smallest absolute Gasteiger partial charge is 0.122 e. The lowest BCUT2D eigenvalue weighted by molar-refractivity contribution is 0.450. The van der Waals surface area contributed by atoms with Crippen LogP contribution in [0.4, 0.5) is 22.7 Å². The molecule has 0 unspecified atom stereocenters. The molecule has 0 atom stereocenters. The van der Waals surface area contributed by atoms with Crippen molar-refractivity contribution >= 4 is 22.7 Å². The predicted molar refractivity (Wildman–Crippen MR) is 180 cm³/mol. The van der Waals surface area contributed by atoms with E-state index >= 15 is 0 Å². The molecule has 2 heterocycles. The van der Waals surface area contributed by atoms with E-state index in [1.165, 1.54) is 0 Å². The van der Waals surface area contributed by atoms with Gasteiger partial charge < -0.3 is 20.4 Å². The summed E-state index contributed by atoms with van der Waals surface area (Å²) in [5.41, 5.74) is 6.62. The highest BCUT2D eigenvalue weighted by Crippen LogP contribution is 2.40. The van der Waals surface area contributed by atoms with Gasteiger partial charge in [-0.2, -0.15) is 15.3 Å². The van der Waals surface area contributed by atoms with E-state index < -0.39 is 0 Å². The molecule has 0 amide bonds. The van der Waals surface area contributed by atoms with Crippen LogP contribution < -0.4 is 0 Å². The number of hydrogen-bond donors (Lipinski definition) is 4. The maximum atomic E-state index is 11.6. The van der Waals surface area contributed by atoms with Crippen molar-refractivity contribution < 1.29 is 20.4 Å². The number of aromatic nitrogens is 2. The molecule has 0 saturated heterocycles. The first-order chi connectivity index (χ1) is 23.4. The van der Waals surface area contributed by atoms with Gasteiger partial charge in [0, 0.05) is 66.5 Å². The van der Waals surface area contributed by atoms with Crippen molar-refractivity contribution in [1.82, 2.24) is 9.97 Å². The lowest BCUT2D eigenvalue weighted by Gasteiger charge is -2.17. The van der Waals surface area contributed by atoms with Crippen molar-refractivity contribution in [2.24, 2.45) is 20.5 Å². The van der Waals surface area contributed by atoms with E-state index in [0.29, 0.717) is 67.3 Å². The molecule has 10 heteroatoms. The highest BCUT2D eigenvalue weighted by molar-refractivity contribution is 5.61. The zero-order chi connectivity index (χ0) is 33.0. The standard InChI is InChI=1S/C38H30N6O4/c45-35-23-4-1-6-25(35)15-27-18-33(43-41-31-9-12-39-13-10-31)20-29(37(27)47)17-30-21-34(44-42-32-8-3-11-40-22-32)19-28(38(30)48)16-26-7-2-5-24(14-23)36(26)46/h1-13,18-22,45-48H,14-17H2. The number of aromatic hydroxyl groups is 4. The molecular weight excluding hydrogens is 604 g/mol. The number of hydrogen-bond acceptors (Lipinski definition) is 10. The number of para-hydroxylation sites is 2. The van der Waals surface area contributed by atoms with Crippen molar-refractivity contribution in [2.75, 3.05) is 0 Å². The molecule has 0 spiro atoms. The average Bonchev–Trinajstić information content (AvgIpc) is 3.10. The minimum absolute atomic E-state index is 0.0138. The van der Waals surface area contributed by atoms with Gasteiger partial charge >= 0.3 is 0 Å². The van der Waals surface area contributed by atoms with Gasteiger partial charge in [-0.1, -0.05) is 36.4 Å². The Balaban J connectivity index is 1.41. The zero-order valence-electron chi connectivity index (χ0n) is 25.7. The summed E-state index contributed by atoms with van der Waals surface area (Å²) in [5.74, 6) is 0.205. The Morgan fingerprint density at radius 2 is 0.771 bits per heavy atom. The third kappa shape index (κ3) is 6.45.